The van der Waals surface area contributed by atoms with Crippen LogP contribution in [0.3, 0.4) is 0 Å². The van der Waals surface area contributed by atoms with Gasteiger partial charge in [-0.15, -0.1) is 0 Å². The van der Waals surface area contributed by atoms with Gasteiger partial charge in [0, 0.05) is 24.5 Å². The van der Waals surface area contributed by atoms with Gasteiger partial charge in [0.15, 0.2) is 17.3 Å². The van der Waals surface area contributed by atoms with Gasteiger partial charge in [0.2, 0.25) is 0 Å². The van der Waals surface area contributed by atoms with Crippen LogP contribution in [0.2, 0.25) is 0 Å². The second-order valence-electron chi connectivity index (χ2n) is 5.15. The molecular weight excluding hydrogens is 332 g/mol. The summed E-state index contributed by atoms with van der Waals surface area (Å²) in [6.45, 7) is 5.95. The quantitative estimate of drug-likeness (QED) is 0.205. The predicted molar refractivity (Wildman–Crippen MR) is 88.4 cm³/mol. The van der Waals surface area contributed by atoms with Crippen LogP contribution in [0.15, 0.2) is 23.3 Å². The number of aryl methyl sites for hydroxylation is 1. The van der Waals surface area contributed by atoms with Crippen LogP contribution in [0.1, 0.15) is 44.0 Å². The SMILES string of the molecule is CC(=N[N-]C(=[SH+])N1CCCCCC1)c1cccc(C)n1.[Cu+2]. The summed E-state index contributed by atoms with van der Waals surface area (Å²) in [5.41, 5.74) is 6.92. The van der Waals surface area contributed by atoms with E-state index in [1.807, 2.05) is 32.0 Å². The van der Waals surface area contributed by atoms with Gasteiger partial charge < -0.3 is 10.5 Å². The van der Waals surface area contributed by atoms with E-state index in [0.717, 1.165) is 30.2 Å². The van der Waals surface area contributed by atoms with Crippen LogP contribution in [0.25, 0.3) is 5.43 Å². The Labute approximate surface area is 142 Å². The zero-order chi connectivity index (χ0) is 14.4. The third-order valence-corrected chi connectivity index (χ3v) is 3.81. The van der Waals surface area contributed by atoms with E-state index in [1.165, 1.54) is 25.7 Å². The molecular formula is C15H22CuN4S+2. The molecule has 0 atom stereocenters. The van der Waals surface area contributed by atoms with Crippen molar-refractivity contribution in [1.82, 2.24) is 9.88 Å². The van der Waals surface area contributed by atoms with Crippen molar-refractivity contribution in [3.05, 3.63) is 35.0 Å². The van der Waals surface area contributed by atoms with Gasteiger partial charge >= 0.3 is 17.1 Å². The summed E-state index contributed by atoms with van der Waals surface area (Å²) in [5, 5.41) is 4.97. The van der Waals surface area contributed by atoms with Crippen LogP contribution >= 0.6 is 0 Å². The van der Waals surface area contributed by atoms with E-state index in [-0.39, 0.29) is 17.1 Å². The van der Waals surface area contributed by atoms with Crippen molar-refractivity contribution < 1.29 is 17.1 Å². The molecule has 117 valence electrons. The number of nitrogens with zero attached hydrogens (tertiary/aromatic N) is 4. The molecule has 21 heavy (non-hydrogen) atoms. The Bertz CT molecular complexity index is 496. The van der Waals surface area contributed by atoms with Crippen molar-refractivity contribution in [2.45, 2.75) is 39.5 Å². The minimum Gasteiger partial charge on any atom is -0.515 e. The molecule has 0 N–H and O–H groups in total. The number of likely N-dealkylation sites (tertiary alicyclic amines) is 1. The van der Waals surface area contributed by atoms with Gasteiger partial charge in [-0.25, -0.2) is 4.90 Å². The van der Waals surface area contributed by atoms with Crippen molar-refractivity contribution in [3.8, 4) is 0 Å². The molecule has 1 fully saturated rings. The fourth-order valence-corrected chi connectivity index (χ4v) is 2.49. The van der Waals surface area contributed by atoms with E-state index in [2.05, 4.69) is 32.6 Å². The molecule has 0 spiro atoms. The third-order valence-electron chi connectivity index (χ3n) is 3.44. The molecule has 1 aromatic heterocycles. The van der Waals surface area contributed by atoms with E-state index in [0.29, 0.717) is 5.11 Å². The smallest absolute Gasteiger partial charge is 0.515 e. The van der Waals surface area contributed by atoms with Crippen LogP contribution in [-0.4, -0.2) is 33.8 Å². The first-order valence-electron chi connectivity index (χ1n) is 7.17. The summed E-state index contributed by atoms with van der Waals surface area (Å²) in [6.07, 6.45) is 5.02. The molecule has 2 rings (SSSR count). The number of rotatable bonds is 2. The van der Waals surface area contributed by atoms with E-state index in [1.54, 1.807) is 0 Å². The maximum absolute atomic E-state index is 4.48. The maximum Gasteiger partial charge on any atom is 2.00 e. The Hall–Kier alpha value is -0.811. The van der Waals surface area contributed by atoms with Gasteiger partial charge in [0.25, 0.3) is 0 Å². The Morgan fingerprint density at radius 2 is 1.90 bits per heavy atom. The van der Waals surface area contributed by atoms with Crippen LogP contribution in [0, 0.1) is 6.92 Å². The van der Waals surface area contributed by atoms with Crippen molar-refractivity contribution >= 4 is 23.0 Å². The minimum absolute atomic E-state index is 0. The summed E-state index contributed by atoms with van der Waals surface area (Å²) >= 11 is 4.48. The van der Waals surface area contributed by atoms with Crippen molar-refractivity contribution in [2.75, 3.05) is 13.1 Å². The minimum atomic E-state index is 0. The molecule has 0 bridgehead atoms. The summed E-state index contributed by atoms with van der Waals surface area (Å²) in [7, 11) is 0. The molecule has 0 aliphatic carbocycles. The third kappa shape index (κ3) is 5.83. The molecule has 6 heteroatoms. The van der Waals surface area contributed by atoms with Gasteiger partial charge in [-0.1, -0.05) is 18.9 Å². The van der Waals surface area contributed by atoms with E-state index >= 15 is 0 Å². The van der Waals surface area contributed by atoms with Gasteiger partial charge in [0.1, 0.15) is 0 Å². The van der Waals surface area contributed by atoms with Gasteiger partial charge in [-0.05, 0) is 38.8 Å². The number of hydrogen-bond acceptors (Lipinski definition) is 2. The largest absolute Gasteiger partial charge is 2.00 e. The molecule has 0 aromatic carbocycles. The second kappa shape index (κ2) is 9.26. The molecule has 1 radical (unpaired) electrons. The zero-order valence-electron chi connectivity index (χ0n) is 12.5. The molecule has 1 saturated heterocycles. The number of pyridine rings is 1. The van der Waals surface area contributed by atoms with Gasteiger partial charge in [-0.2, -0.15) is 0 Å². The first-order valence-corrected chi connectivity index (χ1v) is 7.62. The first kappa shape index (κ1) is 18.2. The molecule has 1 aliphatic heterocycles. The summed E-state index contributed by atoms with van der Waals surface area (Å²) in [4.78, 5) is 6.64. The van der Waals surface area contributed by atoms with Gasteiger partial charge in [0.05, 0.1) is 5.69 Å². The predicted octanol–water partition coefficient (Wildman–Crippen LogP) is 2.73. The molecule has 2 heterocycles. The van der Waals surface area contributed by atoms with Crippen molar-refractivity contribution in [1.29, 1.82) is 0 Å². The maximum atomic E-state index is 4.48. The van der Waals surface area contributed by atoms with Crippen LogP contribution < -0.4 is 0 Å². The molecule has 0 saturated carbocycles. The fourth-order valence-electron chi connectivity index (χ4n) is 2.25. The summed E-state index contributed by atoms with van der Waals surface area (Å²) in [5.74, 6) is 0. The van der Waals surface area contributed by atoms with Crippen LogP contribution in [0.4, 0.5) is 0 Å². The standard InChI is InChI=1S/C15H22N4S.Cu/c1-12-8-7-9-14(16-12)13(2)17-18-15(20)19-10-5-3-4-6-11-19;/h7-9H,3-6,10-11H2,1-2H3,(H,16,18,20);/q;+2. The Morgan fingerprint density at radius 3 is 2.52 bits per heavy atom. The summed E-state index contributed by atoms with van der Waals surface area (Å²) in [6, 6.07) is 5.91. The number of thiol groups is 1. The van der Waals surface area contributed by atoms with Crippen LogP contribution in [-0.2, 0) is 29.3 Å². The second-order valence-corrected chi connectivity index (χ2v) is 5.55. The Balaban J connectivity index is 0.00000220. The summed E-state index contributed by atoms with van der Waals surface area (Å²) < 4.78 is 0. The van der Waals surface area contributed by atoms with Crippen molar-refractivity contribution in [3.63, 3.8) is 0 Å². The monoisotopic (exact) mass is 353 g/mol. The molecule has 4 nitrogen and oxygen atoms in total. The fraction of sp³-hybridized carbons (Fsp3) is 0.533. The number of hydrogen-bond donors (Lipinski definition) is 0. The molecule has 0 unspecified atom stereocenters. The van der Waals surface area contributed by atoms with Gasteiger partial charge in [-0.3, -0.25) is 4.98 Å². The number of aromatic nitrogens is 1. The van der Waals surface area contributed by atoms with E-state index in [4.69, 9.17) is 0 Å². The molecule has 1 aromatic rings. The average molecular weight is 354 g/mol. The normalized spacial score (nSPS) is 16.8. The van der Waals surface area contributed by atoms with E-state index in [9.17, 15) is 0 Å². The first-order chi connectivity index (χ1) is 9.66. The van der Waals surface area contributed by atoms with E-state index < -0.39 is 0 Å². The Morgan fingerprint density at radius 1 is 1.24 bits per heavy atom. The van der Waals surface area contributed by atoms with Crippen LogP contribution in [0.5, 0.6) is 0 Å². The van der Waals surface area contributed by atoms with Crippen molar-refractivity contribution in [2.24, 2.45) is 5.10 Å². The molecule has 1 aliphatic rings. The zero-order valence-corrected chi connectivity index (χ0v) is 14.3. The topological polar surface area (TPSA) is 42.6 Å². The Kier molecular flexibility index (Phi) is 8.04. The molecule has 0 amide bonds. The average Bonchev–Trinajstić information content (AvgIpc) is 2.73.